The average molecular weight is 302 g/mol. The van der Waals surface area contributed by atoms with E-state index in [4.69, 9.17) is 0 Å². The number of carbonyl (C=O) groups is 1. The van der Waals surface area contributed by atoms with Crippen LogP contribution in [0.3, 0.4) is 0 Å². The molecule has 2 rings (SSSR count). The maximum atomic E-state index is 12.5. The second-order valence-corrected chi connectivity index (χ2v) is 6.47. The van der Waals surface area contributed by atoms with E-state index >= 15 is 0 Å². The van der Waals surface area contributed by atoms with Gasteiger partial charge in [0.2, 0.25) is 0 Å². The molecular weight excluding hydrogens is 280 g/mol. The average Bonchev–Trinajstić information content (AvgIpc) is 2.92. The standard InChI is InChI=1S/C17H22N2OS/c1-12-8-9-16(21-12)13(2)19-17(20)15-7-5-4-6-14(15)10-11-18-3/h4-9,13,18H,10-11H2,1-3H3,(H,19,20). The normalized spacial score (nSPS) is 12.1. The maximum Gasteiger partial charge on any atom is 0.252 e. The van der Waals surface area contributed by atoms with Crippen molar-refractivity contribution in [3.8, 4) is 0 Å². The van der Waals surface area contributed by atoms with Gasteiger partial charge in [-0.2, -0.15) is 0 Å². The van der Waals surface area contributed by atoms with Crippen molar-refractivity contribution in [2.24, 2.45) is 0 Å². The molecular formula is C17H22N2OS. The molecule has 1 amide bonds. The molecule has 2 N–H and O–H groups in total. The predicted octanol–water partition coefficient (Wildman–Crippen LogP) is 3.31. The molecule has 0 radical (unpaired) electrons. The van der Waals surface area contributed by atoms with Crippen LogP contribution in [0.5, 0.6) is 0 Å². The third kappa shape index (κ3) is 4.16. The quantitative estimate of drug-likeness (QED) is 0.859. The fourth-order valence-corrected chi connectivity index (χ4v) is 3.13. The molecule has 1 unspecified atom stereocenters. The Bertz CT molecular complexity index is 606. The van der Waals surface area contributed by atoms with Gasteiger partial charge < -0.3 is 10.6 Å². The monoisotopic (exact) mass is 302 g/mol. The molecule has 1 heterocycles. The van der Waals surface area contributed by atoms with E-state index in [0.717, 1.165) is 24.1 Å². The van der Waals surface area contributed by atoms with Crippen molar-refractivity contribution in [2.75, 3.05) is 13.6 Å². The van der Waals surface area contributed by atoms with Crippen molar-refractivity contribution < 1.29 is 4.79 Å². The second kappa shape index (κ2) is 7.38. The Hall–Kier alpha value is -1.65. The van der Waals surface area contributed by atoms with Crippen LogP contribution in [0.2, 0.25) is 0 Å². The highest BCUT2D eigenvalue weighted by Crippen LogP contribution is 2.23. The van der Waals surface area contributed by atoms with E-state index in [2.05, 4.69) is 29.7 Å². The number of hydrogen-bond acceptors (Lipinski definition) is 3. The van der Waals surface area contributed by atoms with Crippen molar-refractivity contribution in [3.63, 3.8) is 0 Å². The third-order valence-electron chi connectivity index (χ3n) is 3.44. The van der Waals surface area contributed by atoms with E-state index in [1.165, 1.54) is 9.75 Å². The van der Waals surface area contributed by atoms with E-state index in [-0.39, 0.29) is 11.9 Å². The first-order valence-corrected chi connectivity index (χ1v) is 8.03. The number of benzene rings is 1. The maximum absolute atomic E-state index is 12.5. The van der Waals surface area contributed by atoms with E-state index in [1.807, 2.05) is 38.2 Å². The topological polar surface area (TPSA) is 41.1 Å². The molecule has 2 aromatic rings. The zero-order chi connectivity index (χ0) is 15.2. The van der Waals surface area contributed by atoms with Gasteiger partial charge in [-0.3, -0.25) is 4.79 Å². The number of thiophene rings is 1. The van der Waals surface area contributed by atoms with Gasteiger partial charge in [0, 0.05) is 15.3 Å². The molecule has 112 valence electrons. The van der Waals surface area contributed by atoms with Gasteiger partial charge in [0.25, 0.3) is 5.91 Å². The molecule has 0 aliphatic carbocycles. The van der Waals surface area contributed by atoms with Crippen LogP contribution in [0.15, 0.2) is 36.4 Å². The number of carbonyl (C=O) groups excluding carboxylic acids is 1. The van der Waals surface area contributed by atoms with Crippen molar-refractivity contribution in [1.29, 1.82) is 0 Å². The number of aryl methyl sites for hydroxylation is 1. The summed E-state index contributed by atoms with van der Waals surface area (Å²) in [5, 5.41) is 6.22. The predicted molar refractivity (Wildman–Crippen MR) is 89.0 cm³/mol. The second-order valence-electron chi connectivity index (χ2n) is 5.15. The highest BCUT2D eigenvalue weighted by Gasteiger charge is 2.15. The first-order chi connectivity index (χ1) is 10.1. The lowest BCUT2D eigenvalue weighted by Gasteiger charge is -2.14. The zero-order valence-corrected chi connectivity index (χ0v) is 13.6. The molecule has 3 nitrogen and oxygen atoms in total. The van der Waals surface area contributed by atoms with Crippen LogP contribution in [0.4, 0.5) is 0 Å². The molecule has 0 aliphatic heterocycles. The Kier molecular flexibility index (Phi) is 5.53. The highest BCUT2D eigenvalue weighted by molar-refractivity contribution is 7.12. The lowest BCUT2D eigenvalue weighted by Crippen LogP contribution is -2.27. The molecule has 0 saturated carbocycles. The summed E-state index contributed by atoms with van der Waals surface area (Å²) in [6.07, 6.45) is 0.854. The molecule has 0 aliphatic rings. The lowest BCUT2D eigenvalue weighted by molar-refractivity contribution is 0.0939. The van der Waals surface area contributed by atoms with E-state index < -0.39 is 0 Å². The van der Waals surface area contributed by atoms with Crippen LogP contribution in [-0.2, 0) is 6.42 Å². The Morgan fingerprint density at radius 3 is 2.67 bits per heavy atom. The fourth-order valence-electron chi connectivity index (χ4n) is 2.25. The number of amides is 1. The Morgan fingerprint density at radius 2 is 2.00 bits per heavy atom. The van der Waals surface area contributed by atoms with Gasteiger partial charge in [-0.1, -0.05) is 18.2 Å². The Labute approximate surface area is 130 Å². The van der Waals surface area contributed by atoms with Crippen molar-refractivity contribution in [2.45, 2.75) is 26.3 Å². The number of hydrogen-bond donors (Lipinski definition) is 2. The third-order valence-corrected chi connectivity index (χ3v) is 4.63. The van der Waals surface area contributed by atoms with Crippen molar-refractivity contribution in [3.05, 3.63) is 57.3 Å². The van der Waals surface area contributed by atoms with Gasteiger partial charge in [-0.25, -0.2) is 0 Å². The lowest BCUT2D eigenvalue weighted by atomic mass is 10.0. The molecule has 0 fully saturated rings. The molecule has 0 bridgehead atoms. The zero-order valence-electron chi connectivity index (χ0n) is 12.8. The minimum absolute atomic E-state index is 0.000237. The van der Waals surface area contributed by atoms with Crippen molar-refractivity contribution in [1.82, 2.24) is 10.6 Å². The Morgan fingerprint density at radius 1 is 1.24 bits per heavy atom. The largest absolute Gasteiger partial charge is 0.345 e. The Balaban J connectivity index is 2.09. The molecule has 4 heteroatoms. The van der Waals surface area contributed by atoms with Crippen molar-refractivity contribution >= 4 is 17.2 Å². The van der Waals surface area contributed by atoms with Gasteiger partial charge in [-0.05, 0) is 57.6 Å². The van der Waals surface area contributed by atoms with Crippen LogP contribution in [0, 0.1) is 6.92 Å². The van der Waals surface area contributed by atoms with Crippen LogP contribution in [0.1, 0.15) is 38.6 Å². The number of likely N-dealkylation sites (N-methyl/N-ethyl adjacent to an activating group) is 1. The summed E-state index contributed by atoms with van der Waals surface area (Å²) < 4.78 is 0. The van der Waals surface area contributed by atoms with Gasteiger partial charge in [-0.15, -0.1) is 11.3 Å². The summed E-state index contributed by atoms with van der Waals surface area (Å²) in [7, 11) is 1.92. The highest BCUT2D eigenvalue weighted by atomic mass is 32.1. The summed E-state index contributed by atoms with van der Waals surface area (Å²) in [4.78, 5) is 14.9. The summed E-state index contributed by atoms with van der Waals surface area (Å²) in [6.45, 7) is 4.97. The molecule has 21 heavy (non-hydrogen) atoms. The van der Waals surface area contributed by atoms with Crippen LogP contribution in [-0.4, -0.2) is 19.5 Å². The number of rotatable bonds is 6. The van der Waals surface area contributed by atoms with E-state index in [0.29, 0.717) is 0 Å². The summed E-state index contributed by atoms with van der Waals surface area (Å²) >= 11 is 1.73. The van der Waals surface area contributed by atoms with Gasteiger partial charge in [0.15, 0.2) is 0 Å². The molecule has 0 spiro atoms. The van der Waals surface area contributed by atoms with Gasteiger partial charge >= 0.3 is 0 Å². The smallest absolute Gasteiger partial charge is 0.252 e. The summed E-state index contributed by atoms with van der Waals surface area (Å²) in [5.74, 6) is 0.000237. The number of nitrogens with one attached hydrogen (secondary N) is 2. The molecule has 1 atom stereocenters. The van der Waals surface area contributed by atoms with Gasteiger partial charge in [0.1, 0.15) is 0 Å². The van der Waals surface area contributed by atoms with E-state index in [9.17, 15) is 4.79 Å². The molecule has 1 aromatic carbocycles. The summed E-state index contributed by atoms with van der Waals surface area (Å²) in [5.41, 5.74) is 1.85. The van der Waals surface area contributed by atoms with Crippen LogP contribution in [0.25, 0.3) is 0 Å². The minimum atomic E-state index is 0.000237. The minimum Gasteiger partial charge on any atom is -0.345 e. The van der Waals surface area contributed by atoms with E-state index in [1.54, 1.807) is 11.3 Å². The SMILES string of the molecule is CNCCc1ccccc1C(=O)NC(C)c1ccc(C)s1. The fraction of sp³-hybridized carbons (Fsp3) is 0.353. The summed E-state index contributed by atoms with van der Waals surface area (Å²) in [6, 6.07) is 12.0. The van der Waals surface area contributed by atoms with Crippen LogP contribution >= 0.6 is 11.3 Å². The van der Waals surface area contributed by atoms with Gasteiger partial charge in [0.05, 0.1) is 6.04 Å². The first kappa shape index (κ1) is 15.7. The van der Waals surface area contributed by atoms with Crippen LogP contribution < -0.4 is 10.6 Å². The molecule has 0 saturated heterocycles. The molecule has 1 aromatic heterocycles. The first-order valence-electron chi connectivity index (χ1n) is 7.21.